The number of hydrogen-bond donors (Lipinski definition) is 1. The van der Waals surface area contributed by atoms with Crippen LogP contribution in [-0.2, 0) is 9.53 Å². The lowest BCUT2D eigenvalue weighted by Gasteiger charge is -2.21. The van der Waals surface area contributed by atoms with E-state index in [0.29, 0.717) is 19.4 Å². The number of rotatable bonds is 3. The van der Waals surface area contributed by atoms with Gasteiger partial charge in [-0.15, -0.1) is 0 Å². The lowest BCUT2D eigenvalue weighted by molar-refractivity contribution is -0.151. The van der Waals surface area contributed by atoms with Crippen molar-refractivity contribution >= 4 is 5.97 Å². The minimum atomic E-state index is -0.760. The topological polar surface area (TPSA) is 46.5 Å². The second-order valence-corrected chi connectivity index (χ2v) is 2.90. The Bertz CT molecular complexity index is 176. The normalized spacial score (nSPS) is 20.5. The Labute approximate surface area is 65.7 Å². The van der Waals surface area contributed by atoms with Crippen LogP contribution in [0.15, 0.2) is 12.2 Å². The third kappa shape index (κ3) is 1.43. The first-order valence-electron chi connectivity index (χ1n) is 3.59. The van der Waals surface area contributed by atoms with E-state index < -0.39 is 11.4 Å². The van der Waals surface area contributed by atoms with Crippen LogP contribution in [0.5, 0.6) is 0 Å². The minimum absolute atomic E-state index is 0.301. The fourth-order valence-electron chi connectivity index (χ4n) is 1.33. The smallest absolute Gasteiger partial charge is 0.312 e. The maximum absolute atomic E-state index is 10.8. The lowest BCUT2D eigenvalue weighted by atomic mass is 9.87. The van der Waals surface area contributed by atoms with Gasteiger partial charge in [0.05, 0.1) is 12.0 Å². The van der Waals surface area contributed by atoms with Crippen LogP contribution in [0.2, 0.25) is 0 Å². The zero-order valence-corrected chi connectivity index (χ0v) is 6.54. The Kier molecular flexibility index (Phi) is 2.29. The number of aliphatic carboxylic acids is 1. The molecule has 0 aromatic rings. The zero-order chi connectivity index (χ0) is 8.32. The van der Waals surface area contributed by atoms with Gasteiger partial charge in [-0.1, -0.05) is 12.2 Å². The summed E-state index contributed by atoms with van der Waals surface area (Å²) >= 11 is 0. The van der Waals surface area contributed by atoms with Crippen LogP contribution in [0.3, 0.4) is 0 Å². The van der Waals surface area contributed by atoms with Crippen molar-refractivity contribution in [3.63, 3.8) is 0 Å². The summed E-state index contributed by atoms with van der Waals surface area (Å²) in [5.41, 5.74) is -0.672. The zero-order valence-electron chi connectivity index (χ0n) is 6.54. The maximum Gasteiger partial charge on any atom is 0.312 e. The van der Waals surface area contributed by atoms with Crippen LogP contribution in [-0.4, -0.2) is 24.8 Å². The lowest BCUT2D eigenvalue weighted by Crippen LogP contribution is -2.32. The van der Waals surface area contributed by atoms with Crippen molar-refractivity contribution in [2.45, 2.75) is 12.8 Å². The van der Waals surface area contributed by atoms with E-state index in [1.165, 1.54) is 7.11 Å². The molecule has 1 aliphatic carbocycles. The molecule has 0 aliphatic heterocycles. The molecule has 0 radical (unpaired) electrons. The molecule has 0 bridgehead atoms. The largest absolute Gasteiger partial charge is 0.481 e. The molecule has 1 aliphatic rings. The molecule has 0 saturated carbocycles. The summed E-state index contributed by atoms with van der Waals surface area (Å²) in [7, 11) is 1.53. The van der Waals surface area contributed by atoms with Crippen molar-refractivity contribution in [2.24, 2.45) is 5.41 Å². The van der Waals surface area contributed by atoms with E-state index >= 15 is 0 Å². The third-order valence-electron chi connectivity index (χ3n) is 2.06. The number of carboxylic acids is 1. The second kappa shape index (κ2) is 3.05. The molecule has 0 fully saturated rings. The van der Waals surface area contributed by atoms with E-state index in [0.717, 1.165) is 0 Å². The molecule has 3 heteroatoms. The highest BCUT2D eigenvalue weighted by Gasteiger charge is 2.38. The highest BCUT2D eigenvalue weighted by molar-refractivity contribution is 5.76. The molecule has 11 heavy (non-hydrogen) atoms. The monoisotopic (exact) mass is 156 g/mol. The van der Waals surface area contributed by atoms with Gasteiger partial charge in [-0.2, -0.15) is 0 Å². The Balaban J connectivity index is 2.65. The second-order valence-electron chi connectivity index (χ2n) is 2.90. The summed E-state index contributed by atoms with van der Waals surface area (Å²) in [6.45, 7) is 0.301. The molecule has 0 aromatic heterocycles. The molecule has 0 spiro atoms. The predicted molar refractivity (Wildman–Crippen MR) is 40.3 cm³/mol. The molecule has 1 rings (SSSR count). The Morgan fingerprint density at radius 2 is 2.18 bits per heavy atom. The van der Waals surface area contributed by atoms with Crippen molar-refractivity contribution in [3.8, 4) is 0 Å². The number of allylic oxidation sites excluding steroid dienone is 2. The summed E-state index contributed by atoms with van der Waals surface area (Å²) in [6, 6.07) is 0. The van der Waals surface area contributed by atoms with Crippen molar-refractivity contribution in [1.29, 1.82) is 0 Å². The molecule has 0 heterocycles. The van der Waals surface area contributed by atoms with Gasteiger partial charge in [-0.3, -0.25) is 4.79 Å². The molecule has 0 saturated heterocycles. The van der Waals surface area contributed by atoms with Crippen molar-refractivity contribution in [1.82, 2.24) is 0 Å². The van der Waals surface area contributed by atoms with Gasteiger partial charge in [0.15, 0.2) is 0 Å². The van der Waals surface area contributed by atoms with Gasteiger partial charge < -0.3 is 9.84 Å². The number of hydrogen-bond acceptors (Lipinski definition) is 2. The molecule has 0 amide bonds. The van der Waals surface area contributed by atoms with Crippen molar-refractivity contribution in [3.05, 3.63) is 12.2 Å². The van der Waals surface area contributed by atoms with Gasteiger partial charge >= 0.3 is 5.97 Å². The molecule has 0 atom stereocenters. The number of carboxylic acid groups (broad SMARTS) is 1. The molecule has 62 valence electrons. The number of carbonyl (C=O) groups is 1. The van der Waals surface area contributed by atoms with E-state index in [1.807, 2.05) is 12.2 Å². The van der Waals surface area contributed by atoms with E-state index in [9.17, 15) is 4.79 Å². The molecule has 1 N–H and O–H groups in total. The van der Waals surface area contributed by atoms with Gasteiger partial charge in [-0.05, 0) is 12.8 Å². The van der Waals surface area contributed by atoms with Crippen LogP contribution < -0.4 is 0 Å². The van der Waals surface area contributed by atoms with Crippen LogP contribution >= 0.6 is 0 Å². The quantitative estimate of drug-likeness (QED) is 0.621. The van der Waals surface area contributed by atoms with Gasteiger partial charge in [0, 0.05) is 7.11 Å². The SMILES string of the molecule is COCC1(C(=O)O)CC=CC1. The fourth-order valence-corrected chi connectivity index (χ4v) is 1.33. The first kappa shape index (κ1) is 8.27. The molecule has 0 unspecified atom stereocenters. The van der Waals surface area contributed by atoms with E-state index in [2.05, 4.69) is 0 Å². The Morgan fingerprint density at radius 3 is 2.55 bits per heavy atom. The average molecular weight is 156 g/mol. The highest BCUT2D eigenvalue weighted by Crippen LogP contribution is 2.33. The molecular weight excluding hydrogens is 144 g/mol. The Hall–Kier alpha value is -0.830. The van der Waals surface area contributed by atoms with Crippen molar-refractivity contribution in [2.75, 3.05) is 13.7 Å². The molecular formula is C8H12O3. The van der Waals surface area contributed by atoms with E-state index in [-0.39, 0.29) is 0 Å². The summed E-state index contributed by atoms with van der Waals surface area (Å²) in [5.74, 6) is -0.760. The summed E-state index contributed by atoms with van der Waals surface area (Å²) in [5, 5.41) is 8.87. The first-order chi connectivity index (χ1) is 5.21. The van der Waals surface area contributed by atoms with E-state index in [1.54, 1.807) is 0 Å². The summed E-state index contributed by atoms with van der Waals surface area (Å²) < 4.78 is 4.87. The number of methoxy groups -OCH3 is 1. The average Bonchev–Trinajstić information content (AvgIpc) is 2.38. The highest BCUT2D eigenvalue weighted by atomic mass is 16.5. The third-order valence-corrected chi connectivity index (χ3v) is 2.06. The Morgan fingerprint density at radius 1 is 1.64 bits per heavy atom. The van der Waals surface area contributed by atoms with Gasteiger partial charge in [-0.25, -0.2) is 0 Å². The predicted octanol–water partition coefficient (Wildman–Crippen LogP) is 1.05. The standard InChI is InChI=1S/C8H12O3/c1-11-6-8(7(9)10)4-2-3-5-8/h2-3H,4-6H2,1H3,(H,9,10). The van der Waals surface area contributed by atoms with Gasteiger partial charge in [0.25, 0.3) is 0 Å². The van der Waals surface area contributed by atoms with Gasteiger partial charge in [0.1, 0.15) is 0 Å². The van der Waals surface area contributed by atoms with Crippen molar-refractivity contribution < 1.29 is 14.6 Å². The maximum atomic E-state index is 10.8. The molecule has 0 aromatic carbocycles. The van der Waals surface area contributed by atoms with Crippen LogP contribution in [0.25, 0.3) is 0 Å². The minimum Gasteiger partial charge on any atom is -0.481 e. The summed E-state index contributed by atoms with van der Waals surface area (Å²) in [4.78, 5) is 10.8. The molecule has 3 nitrogen and oxygen atoms in total. The fraction of sp³-hybridized carbons (Fsp3) is 0.625. The van der Waals surface area contributed by atoms with Crippen LogP contribution in [0.1, 0.15) is 12.8 Å². The van der Waals surface area contributed by atoms with E-state index in [4.69, 9.17) is 9.84 Å². The van der Waals surface area contributed by atoms with Crippen LogP contribution in [0, 0.1) is 5.41 Å². The van der Waals surface area contributed by atoms with Gasteiger partial charge in [0.2, 0.25) is 0 Å². The van der Waals surface area contributed by atoms with Crippen LogP contribution in [0.4, 0.5) is 0 Å². The summed E-state index contributed by atoms with van der Waals surface area (Å²) in [6.07, 6.45) is 4.98. The number of ether oxygens (including phenoxy) is 1. The first-order valence-corrected chi connectivity index (χ1v) is 3.59.